The second-order valence-corrected chi connectivity index (χ2v) is 6.02. The Bertz CT molecular complexity index is 552. The van der Waals surface area contributed by atoms with Gasteiger partial charge in [0.05, 0.1) is 4.83 Å². The van der Waals surface area contributed by atoms with Crippen molar-refractivity contribution < 1.29 is 0 Å². The molecule has 0 spiro atoms. The SMILES string of the molecule is Cc1cc(C)c(C(Br)c2ccccc2Cl)c(C)c1. The van der Waals surface area contributed by atoms with E-state index in [1.165, 1.54) is 22.3 Å². The number of hydrogen-bond donors (Lipinski definition) is 0. The third-order valence-corrected chi connectivity index (χ3v) is 4.47. The predicted molar refractivity (Wildman–Crippen MR) is 82.9 cm³/mol. The molecule has 0 saturated heterocycles. The molecule has 1 atom stereocenters. The molecule has 0 aromatic heterocycles. The summed E-state index contributed by atoms with van der Waals surface area (Å²) in [5, 5.41) is 0.804. The van der Waals surface area contributed by atoms with Crippen LogP contribution in [0.25, 0.3) is 0 Å². The van der Waals surface area contributed by atoms with Crippen LogP contribution in [-0.4, -0.2) is 0 Å². The summed E-state index contributed by atoms with van der Waals surface area (Å²) in [7, 11) is 0. The lowest BCUT2D eigenvalue weighted by Gasteiger charge is -2.18. The Hall–Kier alpha value is -0.790. The van der Waals surface area contributed by atoms with Crippen molar-refractivity contribution in [2.45, 2.75) is 25.6 Å². The fraction of sp³-hybridized carbons (Fsp3) is 0.250. The number of benzene rings is 2. The zero-order valence-electron chi connectivity index (χ0n) is 10.8. The molecule has 0 nitrogen and oxygen atoms in total. The topological polar surface area (TPSA) is 0 Å². The molecule has 1 unspecified atom stereocenters. The molecule has 0 bridgehead atoms. The highest BCUT2D eigenvalue weighted by molar-refractivity contribution is 9.09. The van der Waals surface area contributed by atoms with E-state index in [-0.39, 0.29) is 4.83 Å². The second-order valence-electron chi connectivity index (χ2n) is 4.70. The third-order valence-electron chi connectivity index (χ3n) is 3.17. The maximum absolute atomic E-state index is 6.27. The van der Waals surface area contributed by atoms with E-state index in [0.717, 1.165) is 10.6 Å². The van der Waals surface area contributed by atoms with E-state index in [9.17, 15) is 0 Å². The molecule has 2 aromatic rings. The van der Waals surface area contributed by atoms with E-state index >= 15 is 0 Å². The minimum Gasteiger partial charge on any atom is -0.0840 e. The van der Waals surface area contributed by atoms with E-state index in [0.29, 0.717) is 0 Å². The van der Waals surface area contributed by atoms with Crippen LogP contribution in [0, 0.1) is 20.8 Å². The van der Waals surface area contributed by atoms with Crippen molar-refractivity contribution in [2.24, 2.45) is 0 Å². The summed E-state index contributed by atoms with van der Waals surface area (Å²) in [6.07, 6.45) is 0. The van der Waals surface area contributed by atoms with E-state index in [2.05, 4.69) is 54.9 Å². The third kappa shape index (κ3) is 2.62. The molecule has 0 heterocycles. The number of rotatable bonds is 2. The molecule has 94 valence electrons. The van der Waals surface area contributed by atoms with Gasteiger partial charge in [0.25, 0.3) is 0 Å². The van der Waals surface area contributed by atoms with Gasteiger partial charge in [0.1, 0.15) is 0 Å². The molecule has 2 rings (SSSR count). The maximum Gasteiger partial charge on any atom is 0.0664 e. The van der Waals surface area contributed by atoms with Crippen molar-refractivity contribution >= 4 is 27.5 Å². The average Bonchev–Trinajstić information content (AvgIpc) is 2.27. The van der Waals surface area contributed by atoms with Gasteiger partial charge in [0, 0.05) is 5.02 Å². The zero-order valence-corrected chi connectivity index (χ0v) is 13.1. The molecule has 0 fully saturated rings. The first-order valence-corrected chi connectivity index (χ1v) is 7.26. The fourth-order valence-electron chi connectivity index (χ4n) is 2.43. The first-order chi connectivity index (χ1) is 8.50. The van der Waals surface area contributed by atoms with Crippen LogP contribution in [-0.2, 0) is 0 Å². The summed E-state index contributed by atoms with van der Waals surface area (Å²) in [5.41, 5.74) is 6.33. The Kier molecular flexibility index (Phi) is 4.14. The van der Waals surface area contributed by atoms with E-state index < -0.39 is 0 Å². The predicted octanol–water partition coefficient (Wildman–Crippen LogP) is 5.75. The molecule has 0 amide bonds. The van der Waals surface area contributed by atoms with Gasteiger partial charge in [-0.25, -0.2) is 0 Å². The van der Waals surface area contributed by atoms with Gasteiger partial charge >= 0.3 is 0 Å². The number of hydrogen-bond acceptors (Lipinski definition) is 0. The van der Waals surface area contributed by atoms with Crippen molar-refractivity contribution in [3.05, 3.63) is 69.2 Å². The van der Waals surface area contributed by atoms with Crippen LogP contribution in [0.4, 0.5) is 0 Å². The quantitative estimate of drug-likeness (QED) is 0.617. The minimum absolute atomic E-state index is 0.145. The summed E-state index contributed by atoms with van der Waals surface area (Å²) in [5.74, 6) is 0. The molecule has 0 aliphatic heterocycles. The standard InChI is InChI=1S/C16H16BrCl/c1-10-8-11(2)15(12(3)9-10)16(17)13-6-4-5-7-14(13)18/h4-9,16H,1-3H3. The zero-order chi connectivity index (χ0) is 13.3. The Morgan fingerprint density at radius 2 is 1.56 bits per heavy atom. The Morgan fingerprint density at radius 3 is 2.11 bits per heavy atom. The highest BCUT2D eigenvalue weighted by Crippen LogP contribution is 2.38. The molecule has 0 N–H and O–H groups in total. The van der Waals surface area contributed by atoms with Gasteiger partial charge in [-0.1, -0.05) is 63.4 Å². The Balaban J connectivity index is 2.53. The highest BCUT2D eigenvalue weighted by atomic mass is 79.9. The van der Waals surface area contributed by atoms with Crippen molar-refractivity contribution in [1.29, 1.82) is 0 Å². The molecule has 0 aliphatic carbocycles. The van der Waals surface area contributed by atoms with Crippen LogP contribution in [0.1, 0.15) is 32.6 Å². The summed E-state index contributed by atoms with van der Waals surface area (Å²) >= 11 is 10.1. The van der Waals surface area contributed by atoms with Crippen molar-refractivity contribution in [3.63, 3.8) is 0 Å². The van der Waals surface area contributed by atoms with Gasteiger partial charge < -0.3 is 0 Å². The Labute approximate surface area is 122 Å². The van der Waals surface area contributed by atoms with Gasteiger partial charge in [-0.15, -0.1) is 0 Å². The van der Waals surface area contributed by atoms with Crippen LogP contribution in [0.15, 0.2) is 36.4 Å². The average molecular weight is 324 g/mol. The normalized spacial score (nSPS) is 12.5. The smallest absolute Gasteiger partial charge is 0.0664 e. The van der Waals surface area contributed by atoms with Crippen LogP contribution >= 0.6 is 27.5 Å². The largest absolute Gasteiger partial charge is 0.0840 e. The van der Waals surface area contributed by atoms with Crippen LogP contribution in [0.3, 0.4) is 0 Å². The first-order valence-electron chi connectivity index (χ1n) is 5.97. The molecule has 0 saturated carbocycles. The van der Waals surface area contributed by atoms with Crippen LogP contribution < -0.4 is 0 Å². The van der Waals surface area contributed by atoms with Crippen LogP contribution in [0.2, 0.25) is 5.02 Å². The molecular formula is C16H16BrCl. The molecule has 2 aromatic carbocycles. The van der Waals surface area contributed by atoms with Crippen LogP contribution in [0.5, 0.6) is 0 Å². The number of halogens is 2. The van der Waals surface area contributed by atoms with Gasteiger partial charge in [-0.05, 0) is 49.1 Å². The van der Waals surface area contributed by atoms with Gasteiger partial charge in [0.15, 0.2) is 0 Å². The fourth-order valence-corrected chi connectivity index (χ4v) is 3.93. The monoisotopic (exact) mass is 322 g/mol. The maximum atomic E-state index is 6.27. The lowest BCUT2D eigenvalue weighted by atomic mass is 9.94. The van der Waals surface area contributed by atoms with E-state index in [1.807, 2.05) is 18.2 Å². The molecule has 0 aliphatic rings. The van der Waals surface area contributed by atoms with Crippen molar-refractivity contribution in [2.75, 3.05) is 0 Å². The van der Waals surface area contributed by atoms with E-state index in [4.69, 9.17) is 11.6 Å². The van der Waals surface area contributed by atoms with Crippen molar-refractivity contribution in [3.8, 4) is 0 Å². The molecule has 2 heteroatoms. The first kappa shape index (κ1) is 13.6. The number of alkyl halides is 1. The second kappa shape index (κ2) is 5.46. The summed E-state index contributed by atoms with van der Waals surface area (Å²) in [6, 6.07) is 12.4. The highest BCUT2D eigenvalue weighted by Gasteiger charge is 2.17. The summed E-state index contributed by atoms with van der Waals surface area (Å²) < 4.78 is 0. The number of aryl methyl sites for hydroxylation is 3. The minimum atomic E-state index is 0.145. The lowest BCUT2D eigenvalue weighted by Crippen LogP contribution is -2.00. The Morgan fingerprint density at radius 1 is 1.00 bits per heavy atom. The molecule has 0 radical (unpaired) electrons. The van der Waals surface area contributed by atoms with Gasteiger partial charge in [-0.3, -0.25) is 0 Å². The summed E-state index contributed by atoms with van der Waals surface area (Å²) in [6.45, 7) is 6.43. The lowest BCUT2D eigenvalue weighted by molar-refractivity contribution is 1.10. The summed E-state index contributed by atoms with van der Waals surface area (Å²) in [4.78, 5) is 0.145. The van der Waals surface area contributed by atoms with Gasteiger partial charge in [-0.2, -0.15) is 0 Å². The van der Waals surface area contributed by atoms with E-state index in [1.54, 1.807) is 0 Å². The molecular weight excluding hydrogens is 308 g/mol. The van der Waals surface area contributed by atoms with Crippen molar-refractivity contribution in [1.82, 2.24) is 0 Å². The molecule has 18 heavy (non-hydrogen) atoms. The van der Waals surface area contributed by atoms with Gasteiger partial charge in [0.2, 0.25) is 0 Å².